The minimum absolute atomic E-state index is 0.0162. The smallest absolute Gasteiger partial charge is 0.387 e. The summed E-state index contributed by atoms with van der Waals surface area (Å²) in [4.78, 5) is 56.6. The molecule has 3 aliphatic rings. The molecule has 26 heteroatoms. The summed E-state index contributed by atoms with van der Waals surface area (Å²) < 4.78 is 78.8. The van der Waals surface area contributed by atoms with E-state index >= 15 is 4.39 Å². The van der Waals surface area contributed by atoms with Gasteiger partial charge in [0.25, 0.3) is 5.56 Å². The SMILES string of the molecule is CCN(CC)CC.CCN(CC)CC.Nc1ncnc2c1ncn2[C@@H]1O[C@@H]2COP(=O)(O)O[C@@H]3[C@H](O)[C@@H](COP(O)(=S)O[C@H]2[C@H]1F)O[C@H]3n1cc(F)c2c(=O)[nH]cnc21. The highest BCUT2D eigenvalue weighted by molar-refractivity contribution is 8.07. The lowest BCUT2D eigenvalue weighted by Crippen LogP contribution is -2.35. The number of phosphoric ester groups is 1. The zero-order valence-corrected chi connectivity index (χ0v) is 36.0. The first-order valence-corrected chi connectivity index (χ1v) is 23.2. The monoisotopic (exact) mass is 896 g/mol. The molecule has 0 amide bonds. The van der Waals surface area contributed by atoms with Crippen molar-refractivity contribution >= 4 is 54.4 Å². The molecule has 0 aromatic carbocycles. The van der Waals surface area contributed by atoms with Crippen molar-refractivity contribution in [2.45, 2.75) is 90.7 Å². The molecule has 21 nitrogen and oxygen atoms in total. The highest BCUT2D eigenvalue weighted by Gasteiger charge is 2.54. The zero-order chi connectivity index (χ0) is 43.2. The Morgan fingerprint density at radius 2 is 1.49 bits per heavy atom. The van der Waals surface area contributed by atoms with E-state index in [2.05, 4.69) is 76.3 Å². The van der Waals surface area contributed by atoms with Crippen molar-refractivity contribution in [1.82, 2.24) is 43.9 Å². The van der Waals surface area contributed by atoms with Gasteiger partial charge in [0.05, 0.1) is 25.9 Å². The predicted octanol–water partition coefficient (Wildman–Crippen LogP) is 2.61. The molecule has 6 N–H and O–H groups in total. The second kappa shape index (κ2) is 20.3. The van der Waals surface area contributed by atoms with E-state index in [1.807, 2.05) is 0 Å². The number of aliphatic hydroxyl groups excluding tert-OH is 1. The van der Waals surface area contributed by atoms with E-state index in [-0.39, 0.29) is 22.6 Å². The third-order valence-electron chi connectivity index (χ3n) is 10.1. The molecule has 7 heterocycles. The Hall–Kier alpha value is -2.93. The Morgan fingerprint density at radius 3 is 2.10 bits per heavy atom. The number of aliphatic hydroxyl groups is 1. The molecule has 2 bridgehead atoms. The van der Waals surface area contributed by atoms with E-state index in [0.29, 0.717) is 0 Å². The standard InChI is InChI=1S/C21H22F2N8O11P2S.2C6H15N/c22-7-1-30(17-10(7)19(33)28-5-26-17)21-15-13(32)8(39-21)2-38-44(36,45)42-14-9(3-37-43(34,35)41-15)40-20(11(14)23)31-6-29-12-16(24)25-4-27-18(12)31;2*1-4-7(5-2)6-3/h1,4-6,8-9,11,13-15,20-21,32H,2-3H2,(H,34,35)(H,36,45)(H2,24,25,27)(H,26,28,33);2*4-6H2,1-3H3/t8-,9-,11-,13-,14-,15-,20-,21-,44?;;/m1../s1. The molecule has 0 radical (unpaired) electrons. The molecule has 0 saturated carbocycles. The number of nitrogens with one attached hydrogen (secondary N) is 1. The molecule has 0 spiro atoms. The molecular weight excluding hydrogens is 844 g/mol. The van der Waals surface area contributed by atoms with Gasteiger partial charge in [-0.15, -0.1) is 0 Å². The van der Waals surface area contributed by atoms with Gasteiger partial charge in [0.1, 0.15) is 47.8 Å². The first-order valence-electron chi connectivity index (χ1n) is 19.1. The van der Waals surface area contributed by atoms with Crippen LogP contribution in [-0.2, 0) is 43.9 Å². The van der Waals surface area contributed by atoms with Crippen LogP contribution in [0.5, 0.6) is 0 Å². The van der Waals surface area contributed by atoms with E-state index in [1.165, 1.54) is 50.2 Å². The van der Waals surface area contributed by atoms with Crippen molar-refractivity contribution in [3.63, 3.8) is 0 Å². The number of aromatic nitrogens is 7. The number of hydrogen-bond acceptors (Lipinski definition) is 17. The van der Waals surface area contributed by atoms with Gasteiger partial charge < -0.3 is 54.0 Å². The lowest BCUT2D eigenvalue weighted by molar-refractivity contribution is -0.0642. The van der Waals surface area contributed by atoms with Gasteiger partial charge in [0, 0.05) is 6.20 Å². The van der Waals surface area contributed by atoms with Gasteiger partial charge in [-0.2, -0.15) is 0 Å². The van der Waals surface area contributed by atoms with Gasteiger partial charge in [0.2, 0.25) is 0 Å². The number of anilines is 1. The van der Waals surface area contributed by atoms with Gasteiger partial charge in [-0.05, 0) is 51.1 Å². The minimum atomic E-state index is -5.15. The van der Waals surface area contributed by atoms with Crippen molar-refractivity contribution in [3.8, 4) is 0 Å². The van der Waals surface area contributed by atoms with Gasteiger partial charge >= 0.3 is 14.5 Å². The molecule has 0 aliphatic carbocycles. The fraction of sp³-hybridized carbons (Fsp3) is 0.667. The molecule has 59 heavy (non-hydrogen) atoms. The molecule has 10 atom stereocenters. The minimum Gasteiger partial charge on any atom is -0.387 e. The van der Waals surface area contributed by atoms with Gasteiger partial charge in [-0.3, -0.25) is 22.9 Å². The number of hydrogen-bond donors (Lipinski definition) is 5. The number of H-pyrrole nitrogens is 1. The van der Waals surface area contributed by atoms with Crippen LogP contribution in [0.4, 0.5) is 14.6 Å². The summed E-state index contributed by atoms with van der Waals surface area (Å²) in [5.74, 6) is -0.991. The number of nitrogens with zero attached hydrogens (tertiary/aromatic N) is 8. The van der Waals surface area contributed by atoms with Crippen molar-refractivity contribution in [3.05, 3.63) is 41.3 Å². The van der Waals surface area contributed by atoms with E-state index in [0.717, 1.165) is 23.4 Å². The fourth-order valence-electron chi connectivity index (χ4n) is 6.72. The largest absolute Gasteiger partial charge is 0.472 e. The van der Waals surface area contributed by atoms with Gasteiger partial charge in [-0.25, -0.2) is 33.3 Å². The first kappa shape index (κ1) is 47.1. The molecule has 3 saturated heterocycles. The first-order chi connectivity index (χ1) is 28.0. The van der Waals surface area contributed by atoms with E-state index in [4.69, 9.17) is 45.1 Å². The number of nitrogens with two attached hydrogens (primary N) is 1. The van der Waals surface area contributed by atoms with Crippen LogP contribution in [0.15, 0.2) is 30.0 Å². The third-order valence-corrected chi connectivity index (χ3v) is 12.6. The molecule has 4 aromatic rings. The lowest BCUT2D eigenvalue weighted by atomic mass is 10.1. The number of halogens is 2. The van der Waals surface area contributed by atoms with Crippen molar-refractivity contribution in [2.24, 2.45) is 0 Å². The van der Waals surface area contributed by atoms with Gasteiger partial charge in [0.15, 0.2) is 41.6 Å². The second-order valence-electron chi connectivity index (χ2n) is 13.4. The zero-order valence-electron chi connectivity index (χ0n) is 33.4. The van der Waals surface area contributed by atoms with Crippen LogP contribution in [0, 0.1) is 5.82 Å². The number of aromatic amines is 1. The number of ether oxygens (including phenoxy) is 2. The van der Waals surface area contributed by atoms with Crippen molar-refractivity contribution < 1.29 is 55.8 Å². The number of nitrogen functional groups attached to an aromatic ring is 1. The quantitative estimate of drug-likeness (QED) is 0.159. The molecule has 7 rings (SSSR count). The van der Waals surface area contributed by atoms with Gasteiger partial charge in [-0.1, -0.05) is 41.5 Å². The maximum atomic E-state index is 16.0. The maximum Gasteiger partial charge on any atom is 0.472 e. The Morgan fingerprint density at radius 1 is 0.881 bits per heavy atom. The third kappa shape index (κ3) is 10.8. The van der Waals surface area contributed by atoms with Crippen LogP contribution < -0.4 is 11.3 Å². The van der Waals surface area contributed by atoms with E-state index in [1.54, 1.807) is 0 Å². The second-order valence-corrected chi connectivity index (χ2v) is 17.6. The van der Waals surface area contributed by atoms with Crippen LogP contribution in [0.25, 0.3) is 22.2 Å². The van der Waals surface area contributed by atoms with E-state index in [9.17, 15) is 28.6 Å². The number of fused-ring (bicyclic) bond motifs is 5. The summed E-state index contributed by atoms with van der Waals surface area (Å²) in [6.45, 7) is 14.4. The summed E-state index contributed by atoms with van der Waals surface area (Å²) >= 11 is 5.10. The van der Waals surface area contributed by atoms with Crippen LogP contribution in [0.3, 0.4) is 0 Å². The average molecular weight is 897 g/mol. The van der Waals surface area contributed by atoms with Crippen LogP contribution in [-0.4, -0.2) is 148 Å². The molecular formula is C33H52F2N10O11P2S. The summed E-state index contributed by atoms with van der Waals surface area (Å²) in [6, 6.07) is 0. The van der Waals surface area contributed by atoms with Crippen molar-refractivity contribution in [1.29, 1.82) is 0 Å². The number of imidazole rings is 1. The number of rotatable bonds is 8. The maximum absolute atomic E-state index is 16.0. The molecule has 3 fully saturated rings. The molecule has 3 aliphatic heterocycles. The normalized spacial score (nSPS) is 31.2. The Balaban J connectivity index is 0.000000407. The highest BCUT2D eigenvalue weighted by atomic mass is 32.5. The number of alkyl halides is 1. The number of phosphoric acid groups is 1. The molecule has 4 aromatic heterocycles. The van der Waals surface area contributed by atoms with Crippen LogP contribution in [0.2, 0.25) is 0 Å². The van der Waals surface area contributed by atoms with Crippen molar-refractivity contribution in [2.75, 3.05) is 58.2 Å². The van der Waals surface area contributed by atoms with E-state index < -0.39 is 93.7 Å². The van der Waals surface area contributed by atoms with Crippen LogP contribution in [0.1, 0.15) is 54.0 Å². The topological polar surface area (TPSA) is 260 Å². The predicted molar refractivity (Wildman–Crippen MR) is 214 cm³/mol. The Labute approximate surface area is 343 Å². The lowest BCUT2D eigenvalue weighted by Gasteiger charge is -2.26. The summed E-state index contributed by atoms with van der Waals surface area (Å²) in [6.07, 6.45) is -9.21. The average Bonchev–Trinajstić information content (AvgIpc) is 3.95. The fourth-order valence-corrected chi connectivity index (χ4v) is 9.09. The summed E-state index contributed by atoms with van der Waals surface area (Å²) in [5.41, 5.74) is 5.00. The Bertz CT molecular complexity index is 2140. The van der Waals surface area contributed by atoms with Crippen LogP contribution >= 0.6 is 14.5 Å². The Kier molecular flexibility index (Phi) is 16.2. The highest BCUT2D eigenvalue weighted by Crippen LogP contribution is 2.54. The molecule has 330 valence electrons. The summed E-state index contributed by atoms with van der Waals surface area (Å²) in [5, 5.41) is 10.6. The summed E-state index contributed by atoms with van der Waals surface area (Å²) in [7, 11) is -5.15. The molecule has 2 unspecified atom stereocenters.